The van der Waals surface area contributed by atoms with Crippen LogP contribution in [-0.4, -0.2) is 30.6 Å². The minimum Gasteiger partial charge on any atom is -0.744 e. The number of amides is 1. The molecule has 0 fully saturated rings. The minimum atomic E-state index is -4.83. The van der Waals surface area contributed by atoms with Crippen LogP contribution in [0.15, 0.2) is 56.6 Å². The molecule has 1 amide bonds. The van der Waals surface area contributed by atoms with Gasteiger partial charge >= 0.3 is 29.6 Å². The summed E-state index contributed by atoms with van der Waals surface area (Å²) < 4.78 is 33.6. The van der Waals surface area contributed by atoms with Crippen LogP contribution < -0.4 is 34.6 Å². The maximum atomic E-state index is 12.7. The van der Waals surface area contributed by atoms with Crippen LogP contribution in [0.25, 0.3) is 0 Å². The Hall–Kier alpha value is -1.04. The Labute approximate surface area is 203 Å². The Balaban J connectivity index is 0.00000300. The van der Waals surface area contributed by atoms with E-state index in [0.29, 0.717) is 16.4 Å². The molecule has 2 aromatic carbocycles. The van der Waals surface area contributed by atoms with Gasteiger partial charge in [-0.1, -0.05) is 46.9 Å². The van der Waals surface area contributed by atoms with E-state index in [0.717, 1.165) is 17.1 Å². The molecule has 1 atom stereocenters. The molecular weight excluding hydrogens is 474 g/mol. The summed E-state index contributed by atoms with van der Waals surface area (Å²) in [4.78, 5) is 12.0. The van der Waals surface area contributed by atoms with Crippen LogP contribution in [-0.2, 0) is 14.9 Å². The second kappa shape index (κ2) is 9.40. The zero-order valence-electron chi connectivity index (χ0n) is 15.0. The average molecular weight is 484 g/mol. The molecule has 13 heteroatoms. The van der Waals surface area contributed by atoms with Crippen LogP contribution in [0.4, 0.5) is 11.4 Å². The summed E-state index contributed by atoms with van der Waals surface area (Å²) in [5.41, 5.74) is 0.724. The first-order valence-electron chi connectivity index (χ1n) is 7.59. The van der Waals surface area contributed by atoms with Crippen molar-refractivity contribution in [1.82, 2.24) is 0 Å². The summed E-state index contributed by atoms with van der Waals surface area (Å²) >= 11 is 17.9. The molecule has 1 aliphatic heterocycles. The van der Waals surface area contributed by atoms with Gasteiger partial charge in [0.15, 0.2) is 6.04 Å². The van der Waals surface area contributed by atoms with Crippen molar-refractivity contribution in [2.45, 2.75) is 17.9 Å². The van der Waals surface area contributed by atoms with Crippen molar-refractivity contribution in [3.05, 3.63) is 51.5 Å². The zero-order chi connectivity index (χ0) is 20.6. The fraction of sp³-hybridized carbons (Fsp3) is 0.125. The van der Waals surface area contributed by atoms with Crippen molar-refractivity contribution in [1.29, 1.82) is 0 Å². The molecule has 0 N–H and O–H groups in total. The monoisotopic (exact) mass is 482 g/mol. The third kappa shape index (κ3) is 5.18. The number of halogens is 3. The molecule has 1 heterocycles. The van der Waals surface area contributed by atoms with Crippen LogP contribution in [0.2, 0.25) is 15.1 Å². The molecule has 0 radical (unpaired) electrons. The van der Waals surface area contributed by atoms with Crippen molar-refractivity contribution in [3.63, 3.8) is 0 Å². The van der Waals surface area contributed by atoms with Gasteiger partial charge in [-0.3, -0.25) is 4.79 Å². The molecule has 29 heavy (non-hydrogen) atoms. The fourth-order valence-corrected chi connectivity index (χ4v) is 3.87. The van der Waals surface area contributed by atoms with Crippen molar-refractivity contribution in [2.75, 3.05) is 5.01 Å². The third-order valence-electron chi connectivity index (χ3n) is 3.73. The van der Waals surface area contributed by atoms with Gasteiger partial charge in [-0.05, 0) is 31.2 Å². The summed E-state index contributed by atoms with van der Waals surface area (Å²) in [5.74, 6) is -0.580. The summed E-state index contributed by atoms with van der Waals surface area (Å²) in [6, 6.07) is 7.65. The van der Waals surface area contributed by atoms with E-state index in [4.69, 9.17) is 34.8 Å². The van der Waals surface area contributed by atoms with E-state index in [1.165, 1.54) is 0 Å². The van der Waals surface area contributed by atoms with Crippen molar-refractivity contribution in [2.24, 2.45) is 15.3 Å². The van der Waals surface area contributed by atoms with Gasteiger partial charge in [0.25, 0.3) is 5.91 Å². The second-order valence-corrected chi connectivity index (χ2v) is 8.22. The predicted molar refractivity (Wildman–Crippen MR) is 105 cm³/mol. The SMILES string of the molecule is CC1=NN(c2cc(Cl)c(S(=O)(=O)[O-])cc2Cl)C(=O)C1N=Nc1ccccc1Cl.[Na+]. The molecule has 3 rings (SSSR count). The molecule has 8 nitrogen and oxygen atoms in total. The van der Waals surface area contributed by atoms with Gasteiger partial charge in [0, 0.05) is 0 Å². The molecule has 0 aliphatic carbocycles. The average Bonchev–Trinajstić information content (AvgIpc) is 2.89. The van der Waals surface area contributed by atoms with E-state index in [9.17, 15) is 17.8 Å². The summed E-state index contributed by atoms with van der Waals surface area (Å²) in [6.45, 7) is 1.57. The Morgan fingerprint density at radius 2 is 1.76 bits per heavy atom. The number of nitrogens with zero attached hydrogens (tertiary/aromatic N) is 4. The first-order valence-corrected chi connectivity index (χ1v) is 10.1. The van der Waals surface area contributed by atoms with Gasteiger partial charge in [0.2, 0.25) is 0 Å². The van der Waals surface area contributed by atoms with Crippen molar-refractivity contribution >= 4 is 67.9 Å². The van der Waals surface area contributed by atoms with Gasteiger partial charge in [0.05, 0.1) is 31.4 Å². The molecule has 1 unspecified atom stereocenters. The van der Waals surface area contributed by atoms with Gasteiger partial charge in [-0.2, -0.15) is 20.3 Å². The predicted octanol–water partition coefficient (Wildman–Crippen LogP) is 1.43. The Bertz CT molecular complexity index is 1140. The summed E-state index contributed by atoms with van der Waals surface area (Å²) in [5, 5.41) is 12.8. The largest absolute Gasteiger partial charge is 1.00 e. The van der Waals surface area contributed by atoms with Crippen LogP contribution in [0.1, 0.15) is 6.92 Å². The van der Waals surface area contributed by atoms with Crippen LogP contribution in [0.3, 0.4) is 0 Å². The maximum absolute atomic E-state index is 12.7. The standard InChI is InChI=1S/C16H11Cl3N4O4S.Na/c1-8-15(21-20-12-5-3-2-4-9(12)17)16(24)23(22-8)13-6-11(19)14(7-10(13)18)28(25,26)27;/h2-7,15H,1H3,(H,25,26,27);/q;+1/p-1. The number of azo groups is 1. The molecular formula is C16H10Cl3N4NaO4S. The normalized spacial score (nSPS) is 16.9. The summed E-state index contributed by atoms with van der Waals surface area (Å²) in [7, 11) is -4.83. The van der Waals surface area contributed by atoms with Crippen molar-refractivity contribution in [3.8, 4) is 0 Å². The first-order chi connectivity index (χ1) is 13.1. The number of carbonyl (C=O) groups is 1. The van der Waals surface area contributed by atoms with Crippen LogP contribution >= 0.6 is 34.8 Å². The first kappa shape index (κ1) is 24.2. The topological polar surface area (TPSA) is 115 Å². The number of hydrogen-bond donors (Lipinski definition) is 0. The second-order valence-electron chi connectivity index (χ2n) is 5.65. The van der Waals surface area contributed by atoms with Crippen LogP contribution in [0.5, 0.6) is 0 Å². The van der Waals surface area contributed by atoms with Gasteiger partial charge in [-0.25, -0.2) is 8.42 Å². The molecule has 1 aliphatic rings. The number of carbonyl (C=O) groups excluding carboxylic acids is 1. The van der Waals surface area contributed by atoms with Gasteiger partial charge in [-0.15, -0.1) is 0 Å². The van der Waals surface area contributed by atoms with E-state index in [-0.39, 0.29) is 45.3 Å². The van der Waals surface area contributed by atoms with Gasteiger partial charge in [0.1, 0.15) is 15.8 Å². The smallest absolute Gasteiger partial charge is 0.744 e. The maximum Gasteiger partial charge on any atom is 1.00 e. The molecule has 0 saturated heterocycles. The molecule has 0 bridgehead atoms. The quantitative estimate of drug-likeness (QED) is 0.372. The van der Waals surface area contributed by atoms with Crippen molar-refractivity contribution < 1.29 is 47.3 Å². The molecule has 0 spiro atoms. The number of anilines is 1. The number of hydrogen-bond acceptors (Lipinski definition) is 7. The molecule has 0 aromatic heterocycles. The number of hydrazone groups is 1. The molecule has 0 saturated carbocycles. The van der Waals surface area contributed by atoms with E-state index in [2.05, 4.69) is 15.3 Å². The Morgan fingerprint density at radius 1 is 1.10 bits per heavy atom. The minimum absolute atomic E-state index is 0. The Kier molecular flexibility index (Phi) is 7.86. The summed E-state index contributed by atoms with van der Waals surface area (Å²) in [6.07, 6.45) is 0. The Morgan fingerprint density at radius 3 is 2.38 bits per heavy atom. The number of benzene rings is 2. The van der Waals surface area contributed by atoms with Gasteiger partial charge < -0.3 is 4.55 Å². The van der Waals surface area contributed by atoms with E-state index in [1.807, 2.05) is 0 Å². The van der Waals surface area contributed by atoms with E-state index < -0.39 is 27.0 Å². The van der Waals surface area contributed by atoms with Crippen LogP contribution in [0, 0.1) is 0 Å². The zero-order valence-corrected chi connectivity index (χ0v) is 20.1. The molecule has 2 aromatic rings. The van der Waals surface area contributed by atoms with E-state index in [1.54, 1.807) is 31.2 Å². The van der Waals surface area contributed by atoms with E-state index >= 15 is 0 Å². The molecule has 146 valence electrons. The third-order valence-corrected chi connectivity index (χ3v) is 5.65. The fourth-order valence-electron chi connectivity index (χ4n) is 2.39. The number of rotatable bonds is 4.